The molecular weight excluding hydrogens is 279 g/mol. The van der Waals surface area contributed by atoms with Crippen molar-refractivity contribution >= 4 is 17.8 Å². The molecule has 0 spiro atoms. The van der Waals surface area contributed by atoms with Crippen LogP contribution in [0.1, 0.15) is 22.3 Å². The van der Waals surface area contributed by atoms with Crippen molar-refractivity contribution in [2.45, 2.75) is 13.8 Å². The summed E-state index contributed by atoms with van der Waals surface area (Å²) in [6.07, 6.45) is 3.42. The molecule has 0 radical (unpaired) electrons. The first kappa shape index (κ1) is 14.3. The summed E-state index contributed by atoms with van der Waals surface area (Å²) in [6, 6.07) is 12.0. The van der Waals surface area contributed by atoms with Crippen molar-refractivity contribution in [3.63, 3.8) is 0 Å². The van der Waals surface area contributed by atoms with Gasteiger partial charge in [-0.2, -0.15) is 0 Å². The fourth-order valence-electron chi connectivity index (χ4n) is 2.45. The zero-order chi connectivity index (χ0) is 15.7. The van der Waals surface area contributed by atoms with Crippen LogP contribution in [0.3, 0.4) is 0 Å². The molecule has 110 valence electrons. The van der Waals surface area contributed by atoms with Gasteiger partial charge in [-0.15, -0.1) is 0 Å². The monoisotopic (exact) mass is 294 g/mol. The molecule has 2 aromatic rings. The first-order valence-electron chi connectivity index (χ1n) is 7.02. The van der Waals surface area contributed by atoms with Gasteiger partial charge < -0.3 is 4.74 Å². The first-order chi connectivity index (χ1) is 10.5. The summed E-state index contributed by atoms with van der Waals surface area (Å²) in [7, 11) is 0. The molecule has 3 heteroatoms. The average molecular weight is 294 g/mol. The molecule has 0 amide bonds. The van der Waals surface area contributed by atoms with E-state index in [-0.39, 0.29) is 11.8 Å². The van der Waals surface area contributed by atoms with Gasteiger partial charge in [0.1, 0.15) is 11.6 Å². The third-order valence-electron chi connectivity index (χ3n) is 3.56. The SMILES string of the molecule is Cc1ccc(C2=C/C(=C/c3ccc(F)cc3)C(=O)O2)c(C)c1. The number of carbonyl (C=O) groups is 1. The van der Waals surface area contributed by atoms with Crippen LogP contribution in [0.15, 0.2) is 54.1 Å². The zero-order valence-electron chi connectivity index (χ0n) is 12.4. The lowest BCUT2D eigenvalue weighted by Crippen LogP contribution is -1.98. The molecule has 0 bridgehead atoms. The van der Waals surface area contributed by atoms with Crippen molar-refractivity contribution in [2.24, 2.45) is 0 Å². The van der Waals surface area contributed by atoms with Crippen molar-refractivity contribution in [3.05, 3.63) is 82.2 Å². The number of aryl methyl sites for hydroxylation is 2. The molecule has 0 saturated carbocycles. The van der Waals surface area contributed by atoms with E-state index in [9.17, 15) is 9.18 Å². The number of ether oxygens (including phenoxy) is 1. The highest BCUT2D eigenvalue weighted by Gasteiger charge is 2.22. The molecule has 1 heterocycles. The molecule has 0 saturated heterocycles. The molecule has 22 heavy (non-hydrogen) atoms. The van der Waals surface area contributed by atoms with E-state index in [4.69, 9.17) is 4.74 Å². The smallest absolute Gasteiger partial charge is 0.343 e. The van der Waals surface area contributed by atoms with Gasteiger partial charge in [0.05, 0.1) is 5.57 Å². The molecular formula is C19H15FO2. The lowest BCUT2D eigenvalue weighted by atomic mass is 10.0. The second kappa shape index (κ2) is 5.60. The zero-order valence-corrected chi connectivity index (χ0v) is 12.4. The predicted molar refractivity (Wildman–Crippen MR) is 84.4 cm³/mol. The Kier molecular flexibility index (Phi) is 3.63. The van der Waals surface area contributed by atoms with Gasteiger partial charge in [0.2, 0.25) is 0 Å². The molecule has 0 aromatic heterocycles. The molecule has 1 aliphatic rings. The van der Waals surface area contributed by atoms with Gasteiger partial charge in [-0.3, -0.25) is 0 Å². The van der Waals surface area contributed by atoms with E-state index in [1.54, 1.807) is 24.3 Å². The molecule has 2 nitrogen and oxygen atoms in total. The number of benzene rings is 2. The van der Waals surface area contributed by atoms with Crippen molar-refractivity contribution in [3.8, 4) is 0 Å². The predicted octanol–water partition coefficient (Wildman–Crippen LogP) is 4.42. The maximum absolute atomic E-state index is 12.9. The summed E-state index contributed by atoms with van der Waals surface area (Å²) >= 11 is 0. The van der Waals surface area contributed by atoms with E-state index in [0.717, 1.165) is 22.3 Å². The highest BCUT2D eigenvalue weighted by molar-refractivity contribution is 6.05. The van der Waals surface area contributed by atoms with Crippen LogP contribution in [-0.2, 0) is 9.53 Å². The average Bonchev–Trinajstić information content (AvgIpc) is 2.82. The van der Waals surface area contributed by atoms with E-state index < -0.39 is 0 Å². The Morgan fingerprint density at radius 1 is 1.05 bits per heavy atom. The Morgan fingerprint density at radius 3 is 2.45 bits per heavy atom. The molecule has 0 aliphatic carbocycles. The number of carbonyl (C=O) groups excluding carboxylic acids is 1. The Labute approximate surface area is 128 Å². The molecule has 0 atom stereocenters. The Balaban J connectivity index is 1.96. The van der Waals surface area contributed by atoms with Gasteiger partial charge in [0.15, 0.2) is 0 Å². The summed E-state index contributed by atoms with van der Waals surface area (Å²) in [5.41, 5.74) is 4.34. The van der Waals surface area contributed by atoms with E-state index in [2.05, 4.69) is 0 Å². The highest BCUT2D eigenvalue weighted by atomic mass is 19.1. The van der Waals surface area contributed by atoms with Crippen LogP contribution in [-0.4, -0.2) is 5.97 Å². The minimum atomic E-state index is -0.390. The maximum atomic E-state index is 12.9. The Hall–Kier alpha value is -2.68. The third-order valence-corrected chi connectivity index (χ3v) is 3.56. The van der Waals surface area contributed by atoms with Crippen molar-refractivity contribution in [1.29, 1.82) is 0 Å². The van der Waals surface area contributed by atoms with Gasteiger partial charge >= 0.3 is 5.97 Å². The molecule has 3 rings (SSSR count). The number of hydrogen-bond donors (Lipinski definition) is 0. The summed E-state index contributed by atoms with van der Waals surface area (Å²) in [5, 5.41) is 0. The van der Waals surface area contributed by atoms with Crippen molar-refractivity contribution in [1.82, 2.24) is 0 Å². The summed E-state index contributed by atoms with van der Waals surface area (Å²) < 4.78 is 18.3. The minimum absolute atomic E-state index is 0.303. The number of hydrogen-bond acceptors (Lipinski definition) is 2. The summed E-state index contributed by atoms with van der Waals surface area (Å²) in [6.45, 7) is 4.00. The summed E-state index contributed by atoms with van der Waals surface area (Å²) in [5.74, 6) is -0.141. The van der Waals surface area contributed by atoms with Crippen molar-refractivity contribution < 1.29 is 13.9 Å². The van der Waals surface area contributed by atoms with Crippen molar-refractivity contribution in [2.75, 3.05) is 0 Å². The van der Waals surface area contributed by atoms with Crippen LogP contribution >= 0.6 is 0 Å². The van der Waals surface area contributed by atoms with Crippen LogP contribution in [0.4, 0.5) is 4.39 Å². The normalized spacial score (nSPS) is 15.9. The van der Waals surface area contributed by atoms with E-state index in [1.165, 1.54) is 12.1 Å². The van der Waals surface area contributed by atoms with Crippen LogP contribution in [0, 0.1) is 19.7 Å². The largest absolute Gasteiger partial charge is 0.422 e. The molecule has 1 aliphatic heterocycles. The van der Waals surface area contributed by atoms with Crippen LogP contribution in [0.5, 0.6) is 0 Å². The van der Waals surface area contributed by atoms with Gasteiger partial charge in [-0.1, -0.05) is 35.9 Å². The van der Waals surface area contributed by atoms with Crippen LogP contribution < -0.4 is 0 Å². The van der Waals surface area contributed by atoms with E-state index in [1.807, 2.05) is 32.0 Å². The number of esters is 1. The third kappa shape index (κ3) is 2.84. The molecule has 0 unspecified atom stereocenters. The summed E-state index contributed by atoms with van der Waals surface area (Å²) in [4.78, 5) is 12.0. The fourth-order valence-corrected chi connectivity index (χ4v) is 2.45. The molecule has 0 fully saturated rings. The van der Waals surface area contributed by atoms with E-state index >= 15 is 0 Å². The molecule has 0 N–H and O–H groups in total. The van der Waals surface area contributed by atoms with E-state index in [0.29, 0.717) is 11.3 Å². The topological polar surface area (TPSA) is 26.3 Å². The van der Waals surface area contributed by atoms with Crippen LogP contribution in [0.25, 0.3) is 11.8 Å². The second-order valence-electron chi connectivity index (χ2n) is 5.37. The number of cyclic esters (lactones) is 1. The Morgan fingerprint density at radius 2 is 1.77 bits per heavy atom. The lowest BCUT2D eigenvalue weighted by molar-refractivity contribution is -0.130. The second-order valence-corrected chi connectivity index (χ2v) is 5.37. The van der Waals surface area contributed by atoms with Gasteiger partial charge in [-0.05, 0) is 49.3 Å². The fraction of sp³-hybridized carbons (Fsp3) is 0.105. The standard InChI is InChI=1S/C19H15FO2/c1-12-3-8-17(13(2)9-12)18-11-15(19(21)22-18)10-14-4-6-16(20)7-5-14/h3-11H,1-2H3/b15-10-. The van der Waals surface area contributed by atoms with Gasteiger partial charge in [0.25, 0.3) is 0 Å². The quantitative estimate of drug-likeness (QED) is 0.605. The highest BCUT2D eigenvalue weighted by Crippen LogP contribution is 2.29. The van der Waals surface area contributed by atoms with Crippen LogP contribution in [0.2, 0.25) is 0 Å². The number of halogens is 1. The van der Waals surface area contributed by atoms with Gasteiger partial charge in [0, 0.05) is 5.56 Å². The maximum Gasteiger partial charge on any atom is 0.343 e. The lowest BCUT2D eigenvalue weighted by Gasteiger charge is -2.06. The molecule has 2 aromatic carbocycles. The van der Waals surface area contributed by atoms with Gasteiger partial charge in [-0.25, -0.2) is 9.18 Å². The minimum Gasteiger partial charge on any atom is -0.422 e. The Bertz CT molecular complexity index is 799. The number of rotatable bonds is 2. The first-order valence-corrected chi connectivity index (χ1v) is 7.02.